The summed E-state index contributed by atoms with van der Waals surface area (Å²) in [5, 5.41) is 82.1. The smallest absolute Gasteiger partial charge is 0 e. The second-order valence-corrected chi connectivity index (χ2v) is 31.2. The van der Waals surface area contributed by atoms with E-state index in [1.54, 1.807) is 12.1 Å². The molecule has 8 aromatic rings. The molecule has 116 heavy (non-hydrogen) atoms. The molecule has 4 unspecified atom stereocenters. The number of aromatic hydroxyl groups is 3. The molecule has 634 valence electrons. The summed E-state index contributed by atoms with van der Waals surface area (Å²) in [6.45, 7) is 4.35. The average Bonchev–Trinajstić information content (AvgIpc) is 0.780. The third-order valence-corrected chi connectivity index (χ3v) is 21.8. The van der Waals surface area contributed by atoms with Crippen molar-refractivity contribution < 1.29 is 236 Å². The van der Waals surface area contributed by atoms with Crippen LogP contribution in [-0.4, -0.2) is 109 Å². The standard InChI is InChI=1S/2C22H28O5.C19H23O12P.C13H14O9P2.O.5W/c1-2-3-4-5-6-7-12-21(24)26-20-13-17-15-10-8-9-11-16(15)22(25)27-19(17)14-18(20)23;1-2-3-4-5-6-7-12-21(24)26-20-14-19-17(13-18(20)23)15-10-8-9-11-16(15)22(25)27-19;20-10-6-11-9(7-3-1-2-4-8(7)19(26)29-11)5-12(10)30-32(27,28)31-18-16(24)14(22)13(21)15(23)17(18)25;14-13-8-4-2-1-3-7(8)9-5-12(22-24(17,18)19)11(21-23(15)16)6-10(9)20-13;;;;;;/h2*13-14,23H,2-12H2,1H3;5-6,13-18,20-25H,1-4H2,(H,27,28);5-6,23H,1-4H2,(H,15,16)(H2,17,18,19);;;;;;/t;;13?,14-,15+,16-,17-,18?;;;;;;;/m..1......./s1. The summed E-state index contributed by atoms with van der Waals surface area (Å²) < 4.78 is 93.8. The first-order chi connectivity index (χ1) is 53.4. The molecule has 32 nitrogen and oxygen atoms in total. The van der Waals surface area contributed by atoms with E-state index in [0.29, 0.717) is 121 Å². The van der Waals surface area contributed by atoms with Gasteiger partial charge in [-0.3, -0.25) is 28.8 Å². The van der Waals surface area contributed by atoms with Crippen LogP contribution in [0, 0.1) is 0 Å². The molecule has 0 spiro atoms. The normalized spacial score (nSPS) is 18.5. The Kier molecular flexibility index (Phi) is 41.5. The largest absolute Gasteiger partial charge is 0 e. The second-order valence-electron chi connectivity index (χ2n) is 28.0. The summed E-state index contributed by atoms with van der Waals surface area (Å²) in [4.78, 5) is 110. The third-order valence-electron chi connectivity index (χ3n) is 20.1. The van der Waals surface area contributed by atoms with Crippen molar-refractivity contribution in [1.29, 1.82) is 0 Å². The Bertz CT molecular complexity index is 5070. The van der Waals surface area contributed by atoms with Crippen molar-refractivity contribution >= 4 is 79.7 Å². The van der Waals surface area contributed by atoms with Crippen LogP contribution in [0.2, 0.25) is 0 Å². The number of aryl methyl sites for hydroxylation is 4. The fraction of sp³-hybridized carbons (Fsp3) is 0.500. The van der Waals surface area contributed by atoms with Crippen LogP contribution >= 0.6 is 23.9 Å². The topological polar surface area (TPSA) is 521 Å². The molecule has 0 saturated heterocycles. The van der Waals surface area contributed by atoms with Crippen LogP contribution in [0.25, 0.3) is 43.9 Å². The number of phenols is 3. The molecule has 0 aliphatic heterocycles. The number of aliphatic hydroxyl groups excluding tert-OH is 5. The van der Waals surface area contributed by atoms with Gasteiger partial charge < -0.3 is 86.5 Å². The molecule has 1 saturated carbocycles. The first kappa shape index (κ1) is 102. The van der Waals surface area contributed by atoms with Gasteiger partial charge in [-0.1, -0.05) is 78.1 Å². The van der Waals surface area contributed by atoms with E-state index in [2.05, 4.69) is 22.9 Å². The zero-order valence-electron chi connectivity index (χ0n) is 63.3. The third kappa shape index (κ3) is 26.7. The summed E-state index contributed by atoms with van der Waals surface area (Å²) in [5.74, 6) is -2.73. The first-order valence-electron chi connectivity index (χ1n) is 37.4. The number of carbonyl (C=O) groups excluding carboxylic acids is 2. The average molecular weight is 2530 g/mol. The van der Waals surface area contributed by atoms with Gasteiger partial charge in [-0.15, -0.1) is 0 Å². The van der Waals surface area contributed by atoms with Gasteiger partial charge in [-0.2, -0.15) is 0 Å². The van der Waals surface area contributed by atoms with Gasteiger partial charge in [0.1, 0.15) is 59.0 Å². The number of rotatable bonds is 24. The van der Waals surface area contributed by atoms with Gasteiger partial charge >= 0.3 is 81.5 Å². The van der Waals surface area contributed by atoms with Gasteiger partial charge in [0.25, 0.3) is 0 Å². The number of unbranched alkanes of at least 4 members (excludes halogenated alkanes) is 10. The van der Waals surface area contributed by atoms with E-state index in [1.165, 1.54) is 62.8 Å². The number of benzene rings is 4. The zero-order valence-corrected chi connectivity index (χ0v) is 80.7. The van der Waals surface area contributed by atoms with Crippen LogP contribution in [-0.2, 0) is 187 Å². The van der Waals surface area contributed by atoms with Crippen molar-refractivity contribution in [1.82, 2.24) is 0 Å². The minimum absolute atomic E-state index is 0. The van der Waals surface area contributed by atoms with E-state index in [4.69, 9.17) is 54.3 Å². The van der Waals surface area contributed by atoms with E-state index >= 15 is 0 Å². The number of phenolic OH excluding ortho intramolecular Hbond substituents is 3. The van der Waals surface area contributed by atoms with Gasteiger partial charge in [0.15, 0.2) is 46.0 Å². The van der Waals surface area contributed by atoms with E-state index in [0.717, 1.165) is 142 Å². The van der Waals surface area contributed by atoms with Crippen molar-refractivity contribution in [3.8, 4) is 46.0 Å². The van der Waals surface area contributed by atoms with Gasteiger partial charge in [0.05, 0.1) is 0 Å². The predicted molar refractivity (Wildman–Crippen MR) is 399 cm³/mol. The summed E-state index contributed by atoms with van der Waals surface area (Å²) in [7, 11) is -13.5. The number of aliphatic hydroxyl groups is 5. The van der Waals surface area contributed by atoms with E-state index in [1.807, 2.05) is 0 Å². The molecule has 12 N–H and O–H groups in total. The fourth-order valence-corrected chi connectivity index (χ4v) is 16.2. The van der Waals surface area contributed by atoms with E-state index in [-0.39, 0.29) is 142 Å². The molecule has 0 bridgehead atoms. The molecule has 13 rings (SSSR count). The zero-order chi connectivity index (χ0) is 81.3. The van der Waals surface area contributed by atoms with E-state index in [9.17, 15) is 88.2 Å². The maximum absolute atomic E-state index is 12.5. The number of hydrogen-bond acceptors (Lipinski definition) is 28. The predicted octanol–water partition coefficient (Wildman–Crippen LogP) is 10.9. The Morgan fingerprint density at radius 3 is 1.08 bits per heavy atom. The summed E-state index contributed by atoms with van der Waals surface area (Å²) >= 11 is 0.333. The van der Waals surface area contributed by atoms with Gasteiger partial charge in [-0.25, -0.2) is 32.9 Å². The number of ether oxygens (including phenoxy) is 2. The Labute approximate surface area is 733 Å². The van der Waals surface area contributed by atoms with Crippen molar-refractivity contribution in [2.75, 3.05) is 0 Å². The molecular weight excluding hydrogens is 2440 g/mol. The SMILES string of the molecule is CCCCCCCCC(=O)Oc1cc2c3c(c(=O)oc2cc1O)CCCC3.CCCCCCCCC(=O)Oc1cc2oc(=O)c3c(c2cc1O)CCCC3.O=c1oc2cc(O)c(OP(=O)(O)OC3[C@H](O)[C@H](O)C(O)[C@H](O)[C@H]3O)cc2c2c1CCCC2.O=c1oc2cc(O[PH](=O)O)c(OP(=O)(O)O)cc2c2c1CCCC2.[O]=[W].[W].[W].[W].[W]. The molecular formula is C76H93O32P3W5. The minimum Gasteiger partial charge on any atom is 0 e. The molecule has 5 aliphatic carbocycles. The molecule has 4 aromatic carbocycles. The van der Waals surface area contributed by atoms with Gasteiger partial charge in [0.2, 0.25) is 0 Å². The molecule has 4 aromatic heterocycles. The monoisotopic (exact) mass is 2530 g/mol. The summed E-state index contributed by atoms with van der Waals surface area (Å²) in [6, 6.07) is 10.7. The fourth-order valence-electron chi connectivity index (χ4n) is 14.5. The van der Waals surface area contributed by atoms with Crippen molar-refractivity contribution in [2.45, 2.75) is 243 Å². The molecule has 4 heterocycles. The van der Waals surface area contributed by atoms with E-state index < -0.39 is 94.8 Å². The van der Waals surface area contributed by atoms with Gasteiger partial charge in [-0.05, 0) is 162 Å². The number of phosphoric ester groups is 2. The minimum atomic E-state index is -5.15. The maximum atomic E-state index is 12.5. The quantitative estimate of drug-likeness (QED) is 0.00879. The molecule has 1 fully saturated rings. The number of carbonyl (C=O) groups is 2. The summed E-state index contributed by atoms with van der Waals surface area (Å²) in [6.07, 6.45) is 14.4. The van der Waals surface area contributed by atoms with Crippen LogP contribution in [0.1, 0.15) is 200 Å². The first-order valence-corrected chi connectivity index (χ1v) is 42.9. The molecule has 0 radical (unpaired) electrons. The van der Waals surface area contributed by atoms with Crippen molar-refractivity contribution in [3.63, 3.8) is 0 Å². The van der Waals surface area contributed by atoms with Crippen LogP contribution in [0.3, 0.4) is 0 Å². The Morgan fingerprint density at radius 1 is 0.414 bits per heavy atom. The number of fused-ring (bicyclic) bond motifs is 12. The van der Waals surface area contributed by atoms with Crippen LogP contribution in [0.4, 0.5) is 0 Å². The van der Waals surface area contributed by atoms with Crippen LogP contribution in [0.5, 0.6) is 46.0 Å². The number of hydrogen-bond donors (Lipinski definition) is 12. The Hall–Kier alpha value is -5.01. The molecule has 0 amide bonds. The number of phosphoric acid groups is 2. The van der Waals surface area contributed by atoms with Crippen LogP contribution in [0.15, 0.2) is 85.4 Å². The summed E-state index contributed by atoms with van der Waals surface area (Å²) in [5.41, 5.74) is 4.94. The van der Waals surface area contributed by atoms with Gasteiger partial charge in [0, 0.05) is 165 Å². The Balaban J connectivity index is 0.000000272. The van der Waals surface area contributed by atoms with Crippen molar-refractivity contribution in [2.24, 2.45) is 0 Å². The second kappa shape index (κ2) is 47.4. The Morgan fingerprint density at radius 2 is 0.707 bits per heavy atom. The van der Waals surface area contributed by atoms with Crippen LogP contribution < -0.4 is 45.5 Å². The molecule has 8 atom stereocenters. The molecule has 5 aliphatic rings. The maximum Gasteiger partial charge on any atom is 0 e. The van der Waals surface area contributed by atoms with Crippen molar-refractivity contribution in [3.05, 3.63) is 135 Å². The molecule has 40 heteroatoms. The number of esters is 2.